The Hall–Kier alpha value is -2.91. The second-order valence-corrected chi connectivity index (χ2v) is 6.43. The van der Waals surface area contributed by atoms with Crippen molar-refractivity contribution in [1.82, 2.24) is 14.7 Å². The summed E-state index contributed by atoms with van der Waals surface area (Å²) in [4.78, 5) is 2.35. The van der Waals surface area contributed by atoms with Crippen molar-refractivity contribution >= 4 is 10.8 Å². The zero-order chi connectivity index (χ0) is 17.1. The molecule has 0 spiro atoms. The summed E-state index contributed by atoms with van der Waals surface area (Å²) in [7, 11) is 2.17. The lowest BCUT2D eigenvalue weighted by atomic mass is 10.0. The Bertz CT molecular complexity index is 951. The predicted molar refractivity (Wildman–Crippen MR) is 103 cm³/mol. The number of rotatable bonds is 5. The summed E-state index contributed by atoms with van der Waals surface area (Å²) in [6, 6.07) is 25.7. The highest BCUT2D eigenvalue weighted by molar-refractivity contribution is 5.85. The van der Waals surface area contributed by atoms with Gasteiger partial charge in [0.2, 0.25) is 0 Å². The minimum Gasteiger partial charge on any atom is -0.298 e. The van der Waals surface area contributed by atoms with Crippen molar-refractivity contribution in [1.29, 1.82) is 0 Å². The summed E-state index contributed by atoms with van der Waals surface area (Å²) in [6.07, 6.45) is 3.76. The van der Waals surface area contributed by atoms with Crippen LogP contribution in [0.5, 0.6) is 0 Å². The molecule has 25 heavy (non-hydrogen) atoms. The molecule has 0 aliphatic carbocycles. The van der Waals surface area contributed by atoms with E-state index in [1.54, 1.807) is 6.20 Å². The van der Waals surface area contributed by atoms with E-state index in [0.717, 1.165) is 18.8 Å². The summed E-state index contributed by atoms with van der Waals surface area (Å²) in [5, 5.41) is 6.91. The SMILES string of the molecule is CN(Cc1ccc(-n2cccn2)cc1)Cc1cccc2ccccc12. The van der Waals surface area contributed by atoms with Crippen molar-refractivity contribution in [3.8, 4) is 5.69 Å². The first-order valence-corrected chi connectivity index (χ1v) is 8.54. The van der Waals surface area contributed by atoms with E-state index in [1.165, 1.54) is 21.9 Å². The molecule has 4 aromatic rings. The third-order valence-corrected chi connectivity index (χ3v) is 4.48. The van der Waals surface area contributed by atoms with E-state index in [9.17, 15) is 0 Å². The summed E-state index contributed by atoms with van der Waals surface area (Å²) in [5.74, 6) is 0. The van der Waals surface area contributed by atoms with E-state index in [1.807, 2.05) is 16.9 Å². The number of fused-ring (bicyclic) bond motifs is 1. The molecular formula is C22H21N3. The molecule has 124 valence electrons. The molecule has 0 aliphatic rings. The predicted octanol–water partition coefficient (Wildman–Crippen LogP) is 4.66. The van der Waals surface area contributed by atoms with Crippen molar-refractivity contribution in [2.45, 2.75) is 13.1 Å². The van der Waals surface area contributed by atoms with Crippen LogP contribution in [0.4, 0.5) is 0 Å². The first-order chi connectivity index (χ1) is 12.3. The second-order valence-electron chi connectivity index (χ2n) is 6.43. The molecule has 0 amide bonds. The van der Waals surface area contributed by atoms with Crippen LogP contribution in [0, 0.1) is 0 Å². The molecule has 1 heterocycles. The van der Waals surface area contributed by atoms with Crippen LogP contribution in [-0.2, 0) is 13.1 Å². The maximum absolute atomic E-state index is 4.27. The molecule has 1 aromatic heterocycles. The average molecular weight is 327 g/mol. The maximum Gasteiger partial charge on any atom is 0.0645 e. The van der Waals surface area contributed by atoms with Crippen molar-refractivity contribution in [3.05, 3.63) is 96.3 Å². The number of hydrogen-bond acceptors (Lipinski definition) is 2. The third-order valence-electron chi connectivity index (χ3n) is 4.48. The van der Waals surface area contributed by atoms with Crippen LogP contribution in [0.1, 0.15) is 11.1 Å². The largest absolute Gasteiger partial charge is 0.298 e. The summed E-state index contributed by atoms with van der Waals surface area (Å²) >= 11 is 0. The van der Waals surface area contributed by atoms with Gasteiger partial charge in [-0.1, -0.05) is 54.6 Å². The molecule has 0 saturated heterocycles. The number of aromatic nitrogens is 2. The fraction of sp³-hybridized carbons (Fsp3) is 0.136. The molecular weight excluding hydrogens is 306 g/mol. The zero-order valence-electron chi connectivity index (χ0n) is 14.3. The summed E-state index contributed by atoms with van der Waals surface area (Å²) in [6.45, 7) is 1.85. The van der Waals surface area contributed by atoms with Crippen LogP contribution < -0.4 is 0 Å². The molecule has 0 atom stereocenters. The lowest BCUT2D eigenvalue weighted by Gasteiger charge is -2.18. The molecule has 3 heteroatoms. The van der Waals surface area contributed by atoms with E-state index in [4.69, 9.17) is 0 Å². The Morgan fingerprint density at radius 2 is 1.64 bits per heavy atom. The monoisotopic (exact) mass is 327 g/mol. The molecule has 0 bridgehead atoms. The van der Waals surface area contributed by atoms with Crippen LogP contribution in [-0.4, -0.2) is 21.7 Å². The minimum atomic E-state index is 0.919. The summed E-state index contributed by atoms with van der Waals surface area (Å²) in [5.41, 5.74) is 3.76. The van der Waals surface area contributed by atoms with Crippen molar-refractivity contribution in [3.63, 3.8) is 0 Å². The Morgan fingerprint density at radius 3 is 2.44 bits per heavy atom. The lowest BCUT2D eigenvalue weighted by molar-refractivity contribution is 0.320. The normalized spacial score (nSPS) is 11.3. The Morgan fingerprint density at radius 1 is 0.840 bits per heavy atom. The fourth-order valence-electron chi connectivity index (χ4n) is 3.26. The van der Waals surface area contributed by atoms with E-state index < -0.39 is 0 Å². The van der Waals surface area contributed by atoms with Gasteiger partial charge in [-0.15, -0.1) is 0 Å². The molecule has 4 rings (SSSR count). The minimum absolute atomic E-state index is 0.919. The van der Waals surface area contributed by atoms with E-state index >= 15 is 0 Å². The number of nitrogens with zero attached hydrogens (tertiary/aromatic N) is 3. The smallest absolute Gasteiger partial charge is 0.0645 e. The first kappa shape index (κ1) is 15.6. The first-order valence-electron chi connectivity index (χ1n) is 8.54. The topological polar surface area (TPSA) is 21.1 Å². The van der Waals surface area contributed by atoms with Crippen LogP contribution in [0.15, 0.2) is 85.2 Å². The van der Waals surface area contributed by atoms with Crippen LogP contribution in [0.3, 0.4) is 0 Å². The number of hydrogen-bond donors (Lipinski definition) is 0. The van der Waals surface area contributed by atoms with Gasteiger partial charge in [-0.25, -0.2) is 4.68 Å². The van der Waals surface area contributed by atoms with Gasteiger partial charge < -0.3 is 0 Å². The fourth-order valence-corrected chi connectivity index (χ4v) is 3.26. The second kappa shape index (κ2) is 6.91. The quantitative estimate of drug-likeness (QED) is 0.532. The van der Waals surface area contributed by atoms with E-state index in [2.05, 4.69) is 83.8 Å². The van der Waals surface area contributed by atoms with E-state index in [0.29, 0.717) is 0 Å². The van der Waals surface area contributed by atoms with Crippen molar-refractivity contribution in [2.75, 3.05) is 7.05 Å². The maximum atomic E-state index is 4.27. The van der Waals surface area contributed by atoms with Crippen LogP contribution in [0.2, 0.25) is 0 Å². The van der Waals surface area contributed by atoms with Gasteiger partial charge in [0, 0.05) is 25.5 Å². The van der Waals surface area contributed by atoms with Gasteiger partial charge in [-0.2, -0.15) is 5.10 Å². The molecule has 0 fully saturated rings. The van der Waals surface area contributed by atoms with Crippen molar-refractivity contribution < 1.29 is 0 Å². The highest BCUT2D eigenvalue weighted by atomic mass is 15.3. The Balaban J connectivity index is 1.47. The molecule has 0 N–H and O–H groups in total. The molecule has 0 unspecified atom stereocenters. The van der Waals surface area contributed by atoms with Gasteiger partial charge in [0.05, 0.1) is 5.69 Å². The van der Waals surface area contributed by atoms with Crippen molar-refractivity contribution in [2.24, 2.45) is 0 Å². The van der Waals surface area contributed by atoms with Crippen LogP contribution in [0.25, 0.3) is 16.5 Å². The number of benzene rings is 3. The molecule has 3 aromatic carbocycles. The standard InChI is InChI=1S/C22H21N3/c1-24(17-20-8-4-7-19-6-2-3-9-22(19)20)16-18-10-12-21(13-11-18)25-15-5-14-23-25/h2-15H,16-17H2,1H3. The molecule has 3 nitrogen and oxygen atoms in total. The zero-order valence-corrected chi connectivity index (χ0v) is 14.3. The van der Waals surface area contributed by atoms with Gasteiger partial charge >= 0.3 is 0 Å². The van der Waals surface area contributed by atoms with Gasteiger partial charge in [-0.3, -0.25) is 4.90 Å². The van der Waals surface area contributed by atoms with Crippen LogP contribution >= 0.6 is 0 Å². The highest BCUT2D eigenvalue weighted by Crippen LogP contribution is 2.20. The third kappa shape index (κ3) is 3.47. The van der Waals surface area contributed by atoms with Gasteiger partial charge in [0.1, 0.15) is 0 Å². The van der Waals surface area contributed by atoms with Gasteiger partial charge in [0.15, 0.2) is 0 Å². The molecule has 0 saturated carbocycles. The Labute approximate surface area is 148 Å². The highest BCUT2D eigenvalue weighted by Gasteiger charge is 2.06. The average Bonchev–Trinajstić information content (AvgIpc) is 3.17. The molecule has 0 aliphatic heterocycles. The molecule has 0 radical (unpaired) electrons. The van der Waals surface area contributed by atoms with Gasteiger partial charge in [0.25, 0.3) is 0 Å². The van der Waals surface area contributed by atoms with Gasteiger partial charge in [-0.05, 0) is 47.1 Å². The lowest BCUT2D eigenvalue weighted by Crippen LogP contribution is -2.17. The summed E-state index contributed by atoms with van der Waals surface area (Å²) < 4.78 is 1.88. The van der Waals surface area contributed by atoms with E-state index in [-0.39, 0.29) is 0 Å². The Kier molecular flexibility index (Phi) is 4.32.